The number of nitrogens with zero attached hydrogens (tertiary/aromatic N) is 2. The molecule has 3 amide bonds. The Morgan fingerprint density at radius 3 is 2.45 bits per heavy atom. The smallest absolute Gasteiger partial charge is 0.293 e. The van der Waals surface area contributed by atoms with Crippen LogP contribution in [0.2, 0.25) is 0 Å². The van der Waals surface area contributed by atoms with Gasteiger partial charge >= 0.3 is 0 Å². The Hall–Kier alpha value is -3.06. The maximum Gasteiger partial charge on any atom is 0.293 e. The first-order chi connectivity index (χ1) is 13.8. The Morgan fingerprint density at radius 1 is 1.10 bits per heavy atom. The van der Waals surface area contributed by atoms with Crippen molar-refractivity contribution >= 4 is 46.3 Å². The van der Waals surface area contributed by atoms with Crippen LogP contribution in [0.4, 0.5) is 16.2 Å². The van der Waals surface area contributed by atoms with Crippen LogP contribution >= 0.6 is 11.8 Å². The third kappa shape index (κ3) is 5.06. The summed E-state index contributed by atoms with van der Waals surface area (Å²) in [6, 6.07) is 15.2. The lowest BCUT2D eigenvalue weighted by Gasteiger charge is -2.13. The molecule has 2 aromatic rings. The quantitative estimate of drug-likeness (QED) is 0.727. The van der Waals surface area contributed by atoms with E-state index >= 15 is 0 Å². The van der Waals surface area contributed by atoms with Gasteiger partial charge in [-0.2, -0.15) is 0 Å². The summed E-state index contributed by atoms with van der Waals surface area (Å²) in [5, 5.41) is 2.46. The molecule has 0 spiro atoms. The molecule has 1 N–H and O–H groups in total. The van der Waals surface area contributed by atoms with Gasteiger partial charge in [0.2, 0.25) is 5.91 Å². The molecular formula is C22H23N3O3S. The maximum absolute atomic E-state index is 12.6. The number of imide groups is 1. The number of aryl methyl sites for hydroxylation is 1. The number of para-hydroxylation sites is 1. The Balaban J connectivity index is 1.61. The number of rotatable bonds is 6. The fourth-order valence-corrected chi connectivity index (χ4v) is 3.72. The molecule has 1 fully saturated rings. The number of hydrogen-bond donors (Lipinski definition) is 1. The van der Waals surface area contributed by atoms with Gasteiger partial charge in [0.25, 0.3) is 11.1 Å². The Labute approximate surface area is 174 Å². The third-order valence-electron chi connectivity index (χ3n) is 4.56. The molecule has 1 aliphatic heterocycles. The van der Waals surface area contributed by atoms with Crippen molar-refractivity contribution in [1.29, 1.82) is 0 Å². The van der Waals surface area contributed by atoms with E-state index in [0.717, 1.165) is 39.2 Å². The second-order valence-corrected chi connectivity index (χ2v) is 7.93. The predicted molar refractivity (Wildman–Crippen MR) is 118 cm³/mol. The number of nitrogens with one attached hydrogen (secondary N) is 1. The van der Waals surface area contributed by atoms with E-state index in [1.807, 2.05) is 74.4 Å². The van der Waals surface area contributed by atoms with Crippen molar-refractivity contribution in [2.45, 2.75) is 13.3 Å². The zero-order chi connectivity index (χ0) is 21.0. The Bertz CT molecular complexity index is 968. The van der Waals surface area contributed by atoms with Crippen molar-refractivity contribution in [2.75, 3.05) is 30.9 Å². The summed E-state index contributed by atoms with van der Waals surface area (Å²) >= 11 is 0.902. The molecule has 0 unspecified atom stereocenters. The minimum atomic E-state index is -0.361. The highest BCUT2D eigenvalue weighted by Crippen LogP contribution is 2.32. The number of hydrogen-bond acceptors (Lipinski definition) is 5. The molecule has 1 aliphatic rings. The second kappa shape index (κ2) is 8.96. The molecule has 0 saturated carbocycles. The first kappa shape index (κ1) is 20.7. The molecule has 7 heteroatoms. The van der Waals surface area contributed by atoms with Gasteiger partial charge in [-0.25, -0.2) is 0 Å². The molecular weight excluding hydrogens is 386 g/mol. The molecule has 0 aliphatic carbocycles. The monoisotopic (exact) mass is 409 g/mol. The number of carbonyl (C=O) groups excluding carboxylic acids is 3. The van der Waals surface area contributed by atoms with Crippen LogP contribution in [0.25, 0.3) is 6.08 Å². The van der Waals surface area contributed by atoms with Gasteiger partial charge in [-0.1, -0.05) is 30.3 Å². The average molecular weight is 410 g/mol. The standard InChI is InChI=1S/C22H23N3O3S/c1-15-6-4-5-7-18(15)23-20(26)12-13-25-21(27)19(29-22(25)28)14-16-8-10-17(11-9-16)24(2)3/h4-11,14H,12-13H2,1-3H3,(H,23,26)/b19-14+. The van der Waals surface area contributed by atoms with E-state index < -0.39 is 0 Å². The fourth-order valence-electron chi connectivity index (χ4n) is 2.85. The van der Waals surface area contributed by atoms with Crippen LogP contribution in [0, 0.1) is 6.92 Å². The molecule has 150 valence electrons. The van der Waals surface area contributed by atoms with Crippen LogP contribution in [0.15, 0.2) is 53.4 Å². The van der Waals surface area contributed by atoms with Crippen LogP contribution < -0.4 is 10.2 Å². The molecule has 0 bridgehead atoms. The summed E-state index contributed by atoms with van der Waals surface area (Å²) in [6.45, 7) is 1.96. The zero-order valence-electron chi connectivity index (χ0n) is 16.6. The van der Waals surface area contributed by atoms with Crippen LogP contribution in [0.1, 0.15) is 17.5 Å². The lowest BCUT2D eigenvalue weighted by Crippen LogP contribution is -2.31. The molecule has 3 rings (SSSR count). The average Bonchev–Trinajstić information content (AvgIpc) is 2.95. The summed E-state index contributed by atoms with van der Waals surface area (Å²) < 4.78 is 0. The highest BCUT2D eigenvalue weighted by Gasteiger charge is 2.35. The van der Waals surface area contributed by atoms with Gasteiger partial charge in [-0.3, -0.25) is 19.3 Å². The van der Waals surface area contributed by atoms with Crippen molar-refractivity contribution in [3.8, 4) is 0 Å². The number of amides is 3. The van der Waals surface area contributed by atoms with Crippen molar-refractivity contribution < 1.29 is 14.4 Å². The molecule has 29 heavy (non-hydrogen) atoms. The van der Waals surface area contributed by atoms with Crippen molar-refractivity contribution in [3.05, 3.63) is 64.6 Å². The van der Waals surface area contributed by atoms with E-state index in [1.165, 1.54) is 0 Å². The van der Waals surface area contributed by atoms with E-state index in [2.05, 4.69) is 5.32 Å². The lowest BCUT2D eigenvalue weighted by molar-refractivity contribution is -0.123. The first-order valence-corrected chi connectivity index (χ1v) is 10.0. The summed E-state index contributed by atoms with van der Waals surface area (Å²) in [5.41, 5.74) is 3.58. The van der Waals surface area contributed by atoms with E-state index in [4.69, 9.17) is 0 Å². The van der Waals surface area contributed by atoms with Gasteiger partial charge in [0.05, 0.1) is 4.91 Å². The molecule has 1 heterocycles. The molecule has 2 aromatic carbocycles. The molecule has 6 nitrogen and oxygen atoms in total. The van der Waals surface area contributed by atoms with Gasteiger partial charge < -0.3 is 10.2 Å². The highest BCUT2D eigenvalue weighted by atomic mass is 32.2. The van der Waals surface area contributed by atoms with Gasteiger partial charge in [-0.15, -0.1) is 0 Å². The molecule has 0 radical (unpaired) electrons. The minimum absolute atomic E-state index is 0.0528. The van der Waals surface area contributed by atoms with Crippen molar-refractivity contribution in [2.24, 2.45) is 0 Å². The number of anilines is 2. The van der Waals surface area contributed by atoms with Gasteiger partial charge in [-0.05, 0) is 54.1 Å². The highest BCUT2D eigenvalue weighted by molar-refractivity contribution is 8.18. The van der Waals surface area contributed by atoms with E-state index in [9.17, 15) is 14.4 Å². The van der Waals surface area contributed by atoms with E-state index in [-0.39, 0.29) is 30.0 Å². The van der Waals surface area contributed by atoms with Gasteiger partial charge in [0.15, 0.2) is 0 Å². The van der Waals surface area contributed by atoms with Gasteiger partial charge in [0, 0.05) is 38.4 Å². The third-order valence-corrected chi connectivity index (χ3v) is 5.47. The lowest BCUT2D eigenvalue weighted by atomic mass is 10.2. The fraction of sp³-hybridized carbons (Fsp3) is 0.227. The van der Waals surface area contributed by atoms with Gasteiger partial charge in [0.1, 0.15) is 0 Å². The van der Waals surface area contributed by atoms with Crippen molar-refractivity contribution in [3.63, 3.8) is 0 Å². The largest absolute Gasteiger partial charge is 0.378 e. The van der Waals surface area contributed by atoms with E-state index in [1.54, 1.807) is 6.08 Å². The first-order valence-electron chi connectivity index (χ1n) is 9.23. The number of carbonyl (C=O) groups is 3. The van der Waals surface area contributed by atoms with E-state index in [0.29, 0.717) is 4.91 Å². The predicted octanol–water partition coefficient (Wildman–Crippen LogP) is 4.13. The molecule has 1 saturated heterocycles. The topological polar surface area (TPSA) is 69.7 Å². The van der Waals surface area contributed by atoms with Crippen LogP contribution in [0.5, 0.6) is 0 Å². The second-order valence-electron chi connectivity index (χ2n) is 6.93. The summed E-state index contributed by atoms with van der Waals surface area (Å²) in [6.07, 6.45) is 1.76. The van der Waals surface area contributed by atoms with Crippen LogP contribution in [-0.4, -0.2) is 42.6 Å². The Morgan fingerprint density at radius 2 is 1.79 bits per heavy atom. The van der Waals surface area contributed by atoms with Crippen LogP contribution in [-0.2, 0) is 9.59 Å². The summed E-state index contributed by atoms with van der Waals surface area (Å²) in [7, 11) is 3.91. The van der Waals surface area contributed by atoms with Crippen LogP contribution in [0.3, 0.4) is 0 Å². The number of benzene rings is 2. The van der Waals surface area contributed by atoms with Crippen molar-refractivity contribution in [1.82, 2.24) is 4.90 Å². The zero-order valence-corrected chi connectivity index (χ0v) is 17.5. The normalized spacial score (nSPS) is 15.1. The summed E-state index contributed by atoms with van der Waals surface area (Å²) in [5.74, 6) is -0.595. The molecule has 0 aromatic heterocycles. The molecule has 0 atom stereocenters. The summed E-state index contributed by atoms with van der Waals surface area (Å²) in [4.78, 5) is 40.5. The SMILES string of the molecule is Cc1ccccc1NC(=O)CCN1C(=O)S/C(=C/c2ccc(N(C)C)cc2)C1=O. The number of thioether (sulfide) groups is 1. The Kier molecular flexibility index (Phi) is 6.39. The minimum Gasteiger partial charge on any atom is -0.378 e. The maximum atomic E-state index is 12.6.